The van der Waals surface area contributed by atoms with Crippen LogP contribution in [0.3, 0.4) is 0 Å². The molecule has 0 aromatic heterocycles. The number of carbonyl (C=O) groups excluding carboxylic acids is 2. The third kappa shape index (κ3) is 4.01. The third-order valence-corrected chi connectivity index (χ3v) is 3.47. The molecule has 0 aliphatic rings. The van der Waals surface area contributed by atoms with Gasteiger partial charge in [0.1, 0.15) is 11.6 Å². The van der Waals surface area contributed by atoms with Crippen molar-refractivity contribution >= 4 is 11.8 Å². The first kappa shape index (κ1) is 15.9. The van der Waals surface area contributed by atoms with E-state index in [1.165, 1.54) is 19.2 Å². The van der Waals surface area contributed by atoms with Crippen LogP contribution in [0.1, 0.15) is 27.0 Å². The lowest BCUT2D eigenvalue weighted by Gasteiger charge is -2.07. The summed E-state index contributed by atoms with van der Waals surface area (Å²) < 4.78 is 17.5. The Kier molecular flexibility index (Phi) is 5.04. The van der Waals surface area contributed by atoms with Crippen LogP contribution in [0.25, 0.3) is 0 Å². The quantitative estimate of drug-likeness (QED) is 0.796. The summed E-state index contributed by atoms with van der Waals surface area (Å²) in [6.07, 6.45) is 0.545. The van der Waals surface area contributed by atoms with Crippen molar-refractivity contribution in [3.8, 4) is 0 Å². The number of rotatable bonds is 5. The summed E-state index contributed by atoms with van der Waals surface area (Å²) in [6, 6.07) is 11.1. The van der Waals surface area contributed by atoms with E-state index in [2.05, 4.69) is 4.74 Å². The van der Waals surface area contributed by atoms with E-state index in [-0.39, 0.29) is 24.4 Å². The van der Waals surface area contributed by atoms with Crippen LogP contribution in [-0.4, -0.2) is 18.9 Å². The maximum atomic E-state index is 12.8. The summed E-state index contributed by atoms with van der Waals surface area (Å²) in [5, 5.41) is 0. The molecule has 0 saturated carbocycles. The monoisotopic (exact) mass is 300 g/mol. The van der Waals surface area contributed by atoms with E-state index in [1.54, 1.807) is 30.3 Å². The van der Waals surface area contributed by atoms with E-state index in [0.717, 1.165) is 16.7 Å². The number of hydrogen-bond donors (Lipinski definition) is 0. The molecule has 0 spiro atoms. The van der Waals surface area contributed by atoms with Gasteiger partial charge in [-0.3, -0.25) is 4.79 Å². The number of carbonyl (C=O) groups is 2. The first-order chi connectivity index (χ1) is 10.5. The highest BCUT2D eigenvalue weighted by atomic mass is 19.1. The molecule has 0 bridgehead atoms. The van der Waals surface area contributed by atoms with Gasteiger partial charge in [0.05, 0.1) is 12.7 Å². The predicted octanol–water partition coefficient (Wildman–Crippen LogP) is 3.28. The number of esters is 1. The lowest BCUT2D eigenvalue weighted by atomic mass is 9.98. The molecule has 0 radical (unpaired) electrons. The number of ether oxygens (including phenoxy) is 1. The van der Waals surface area contributed by atoms with Crippen LogP contribution in [0.15, 0.2) is 42.5 Å². The minimum Gasteiger partial charge on any atom is -0.465 e. The van der Waals surface area contributed by atoms with Crippen LogP contribution in [0.5, 0.6) is 0 Å². The lowest BCUT2D eigenvalue weighted by molar-refractivity contribution is -0.117. The van der Waals surface area contributed by atoms with Gasteiger partial charge in [0.2, 0.25) is 0 Å². The van der Waals surface area contributed by atoms with E-state index < -0.39 is 5.97 Å². The molecule has 2 aromatic carbocycles. The summed E-state index contributed by atoms with van der Waals surface area (Å²) in [7, 11) is 1.33. The van der Waals surface area contributed by atoms with Gasteiger partial charge in [0.25, 0.3) is 0 Å². The second-order valence-electron chi connectivity index (χ2n) is 5.15. The van der Waals surface area contributed by atoms with E-state index in [4.69, 9.17) is 0 Å². The molecule has 0 N–H and O–H groups in total. The van der Waals surface area contributed by atoms with Crippen molar-refractivity contribution in [1.82, 2.24) is 0 Å². The fraction of sp³-hybridized carbons (Fsp3) is 0.222. The van der Waals surface area contributed by atoms with Gasteiger partial charge in [0.15, 0.2) is 0 Å². The second-order valence-corrected chi connectivity index (χ2v) is 5.15. The smallest absolute Gasteiger partial charge is 0.337 e. The molecule has 2 aromatic rings. The first-order valence-electron chi connectivity index (χ1n) is 6.93. The van der Waals surface area contributed by atoms with Crippen molar-refractivity contribution in [1.29, 1.82) is 0 Å². The van der Waals surface area contributed by atoms with Crippen LogP contribution >= 0.6 is 0 Å². The number of ketones is 1. The summed E-state index contributed by atoms with van der Waals surface area (Å²) in [6.45, 7) is 1.85. The molecule has 0 atom stereocenters. The summed E-state index contributed by atoms with van der Waals surface area (Å²) in [4.78, 5) is 23.6. The van der Waals surface area contributed by atoms with Gasteiger partial charge in [-0.15, -0.1) is 0 Å². The average molecular weight is 300 g/mol. The van der Waals surface area contributed by atoms with Gasteiger partial charge in [-0.25, -0.2) is 9.18 Å². The van der Waals surface area contributed by atoms with Crippen molar-refractivity contribution in [3.63, 3.8) is 0 Å². The Morgan fingerprint density at radius 1 is 1.05 bits per heavy atom. The second kappa shape index (κ2) is 6.98. The molecule has 2 rings (SSSR count). The van der Waals surface area contributed by atoms with Crippen molar-refractivity contribution < 1.29 is 18.7 Å². The number of hydrogen-bond acceptors (Lipinski definition) is 3. The Labute approximate surface area is 128 Å². The minimum atomic E-state index is -0.396. The molecule has 0 fully saturated rings. The van der Waals surface area contributed by atoms with Crippen LogP contribution in [0.4, 0.5) is 4.39 Å². The Hall–Kier alpha value is -2.49. The fourth-order valence-electron chi connectivity index (χ4n) is 2.24. The zero-order valence-corrected chi connectivity index (χ0v) is 12.6. The standard InChI is InChI=1S/C18H17FO3/c1-12-9-15(18(21)22-2)6-5-14(12)11-17(20)10-13-3-7-16(19)8-4-13/h3-9H,10-11H2,1-2H3. The highest BCUT2D eigenvalue weighted by Gasteiger charge is 2.11. The van der Waals surface area contributed by atoms with Crippen molar-refractivity contribution in [3.05, 3.63) is 70.5 Å². The zero-order chi connectivity index (χ0) is 16.1. The molecule has 0 heterocycles. The maximum Gasteiger partial charge on any atom is 0.337 e. The molecular formula is C18H17FO3. The largest absolute Gasteiger partial charge is 0.465 e. The summed E-state index contributed by atoms with van der Waals surface area (Å²) in [5.74, 6) is -0.668. The van der Waals surface area contributed by atoms with E-state index in [1.807, 2.05) is 6.92 Å². The Balaban J connectivity index is 2.05. The number of methoxy groups -OCH3 is 1. The average Bonchev–Trinajstić information content (AvgIpc) is 2.50. The number of halogens is 1. The van der Waals surface area contributed by atoms with Gasteiger partial charge in [-0.05, 0) is 47.9 Å². The highest BCUT2D eigenvalue weighted by molar-refractivity contribution is 5.90. The van der Waals surface area contributed by atoms with Crippen molar-refractivity contribution in [2.45, 2.75) is 19.8 Å². The van der Waals surface area contributed by atoms with Crippen molar-refractivity contribution in [2.75, 3.05) is 7.11 Å². The van der Waals surface area contributed by atoms with Crippen LogP contribution in [0, 0.1) is 12.7 Å². The maximum absolute atomic E-state index is 12.8. The Bertz CT molecular complexity index is 690. The summed E-state index contributed by atoms with van der Waals surface area (Å²) in [5.41, 5.74) is 3.00. The highest BCUT2D eigenvalue weighted by Crippen LogP contribution is 2.14. The zero-order valence-electron chi connectivity index (χ0n) is 12.6. The summed E-state index contributed by atoms with van der Waals surface area (Å²) >= 11 is 0. The van der Waals surface area contributed by atoms with Crippen LogP contribution < -0.4 is 0 Å². The number of benzene rings is 2. The van der Waals surface area contributed by atoms with E-state index in [9.17, 15) is 14.0 Å². The third-order valence-electron chi connectivity index (χ3n) is 3.47. The SMILES string of the molecule is COC(=O)c1ccc(CC(=O)Cc2ccc(F)cc2)c(C)c1. The molecule has 0 saturated heterocycles. The molecule has 114 valence electrons. The molecule has 0 aliphatic heterocycles. The molecule has 22 heavy (non-hydrogen) atoms. The molecule has 0 amide bonds. The Morgan fingerprint density at radius 2 is 1.73 bits per heavy atom. The molecule has 0 aliphatic carbocycles. The fourth-order valence-corrected chi connectivity index (χ4v) is 2.24. The topological polar surface area (TPSA) is 43.4 Å². The van der Waals surface area contributed by atoms with Gasteiger partial charge in [-0.1, -0.05) is 18.2 Å². The molecule has 3 nitrogen and oxygen atoms in total. The molecular weight excluding hydrogens is 283 g/mol. The van der Waals surface area contributed by atoms with Crippen LogP contribution in [0.2, 0.25) is 0 Å². The van der Waals surface area contributed by atoms with E-state index in [0.29, 0.717) is 5.56 Å². The van der Waals surface area contributed by atoms with E-state index >= 15 is 0 Å². The first-order valence-corrected chi connectivity index (χ1v) is 6.93. The van der Waals surface area contributed by atoms with Crippen molar-refractivity contribution in [2.24, 2.45) is 0 Å². The van der Waals surface area contributed by atoms with Gasteiger partial charge >= 0.3 is 5.97 Å². The predicted molar refractivity (Wildman–Crippen MR) is 81.3 cm³/mol. The van der Waals surface area contributed by atoms with Gasteiger partial charge < -0.3 is 4.74 Å². The minimum absolute atomic E-state index is 0.0422. The Morgan fingerprint density at radius 3 is 2.32 bits per heavy atom. The molecule has 0 unspecified atom stereocenters. The van der Waals surface area contributed by atoms with Crippen LogP contribution in [-0.2, 0) is 22.4 Å². The normalized spacial score (nSPS) is 10.3. The number of aryl methyl sites for hydroxylation is 1. The lowest BCUT2D eigenvalue weighted by Crippen LogP contribution is -2.09. The van der Waals surface area contributed by atoms with Gasteiger partial charge in [0, 0.05) is 12.8 Å². The number of Topliss-reactive ketones (excluding diaryl/α,β-unsaturated/α-hetero) is 1. The van der Waals surface area contributed by atoms with Gasteiger partial charge in [-0.2, -0.15) is 0 Å². The molecule has 4 heteroatoms.